The SMILES string of the molecule is COc1ccc(NC(=O)c2ccc(Oc3cccc(Br)c3)nc2)cc1OC. The number of ether oxygens (including phenoxy) is 3. The second-order valence-electron chi connectivity index (χ2n) is 5.47. The number of rotatable bonds is 6. The summed E-state index contributed by atoms with van der Waals surface area (Å²) >= 11 is 3.39. The maximum Gasteiger partial charge on any atom is 0.257 e. The molecule has 1 heterocycles. The highest BCUT2D eigenvalue weighted by Crippen LogP contribution is 2.30. The first kappa shape index (κ1) is 18.7. The van der Waals surface area contributed by atoms with Gasteiger partial charge in [0.05, 0.1) is 19.8 Å². The number of carbonyl (C=O) groups is 1. The molecule has 0 aliphatic carbocycles. The van der Waals surface area contributed by atoms with Crippen molar-refractivity contribution in [1.29, 1.82) is 0 Å². The van der Waals surface area contributed by atoms with Crippen molar-refractivity contribution in [1.82, 2.24) is 4.98 Å². The van der Waals surface area contributed by atoms with Gasteiger partial charge in [-0.3, -0.25) is 4.79 Å². The topological polar surface area (TPSA) is 69.7 Å². The lowest BCUT2D eigenvalue weighted by atomic mass is 10.2. The number of pyridine rings is 1. The number of nitrogens with one attached hydrogen (secondary N) is 1. The number of halogens is 1. The van der Waals surface area contributed by atoms with Gasteiger partial charge in [0.15, 0.2) is 11.5 Å². The van der Waals surface area contributed by atoms with Crippen LogP contribution in [0.4, 0.5) is 5.69 Å². The van der Waals surface area contributed by atoms with Crippen molar-refractivity contribution in [3.05, 3.63) is 70.8 Å². The summed E-state index contributed by atoms with van der Waals surface area (Å²) in [5.41, 5.74) is 0.999. The van der Waals surface area contributed by atoms with E-state index in [4.69, 9.17) is 14.2 Å². The van der Waals surface area contributed by atoms with E-state index < -0.39 is 0 Å². The highest BCUT2D eigenvalue weighted by atomic mass is 79.9. The van der Waals surface area contributed by atoms with E-state index in [0.29, 0.717) is 34.4 Å². The fraction of sp³-hybridized carbons (Fsp3) is 0.100. The Morgan fingerprint density at radius 1 is 1.00 bits per heavy atom. The van der Waals surface area contributed by atoms with Crippen molar-refractivity contribution in [2.45, 2.75) is 0 Å². The Morgan fingerprint density at radius 2 is 1.81 bits per heavy atom. The molecule has 3 rings (SSSR count). The predicted molar refractivity (Wildman–Crippen MR) is 106 cm³/mol. The number of amides is 1. The molecule has 3 aromatic rings. The molecule has 1 N–H and O–H groups in total. The Hall–Kier alpha value is -3.06. The Balaban J connectivity index is 1.68. The smallest absolute Gasteiger partial charge is 0.257 e. The van der Waals surface area contributed by atoms with Gasteiger partial charge in [0.2, 0.25) is 5.88 Å². The average Bonchev–Trinajstić information content (AvgIpc) is 2.68. The number of methoxy groups -OCH3 is 2. The number of carbonyl (C=O) groups excluding carboxylic acids is 1. The van der Waals surface area contributed by atoms with Crippen LogP contribution in [0.25, 0.3) is 0 Å². The molecule has 0 atom stereocenters. The Kier molecular flexibility index (Phi) is 5.93. The van der Waals surface area contributed by atoms with Crippen LogP contribution in [0.2, 0.25) is 0 Å². The van der Waals surface area contributed by atoms with E-state index in [1.54, 1.807) is 37.4 Å². The van der Waals surface area contributed by atoms with Crippen LogP contribution in [0, 0.1) is 0 Å². The first-order valence-corrected chi connectivity index (χ1v) is 8.81. The molecular weight excluding hydrogens is 412 g/mol. The Labute approximate surface area is 165 Å². The molecule has 1 aromatic heterocycles. The van der Waals surface area contributed by atoms with Gasteiger partial charge in [0.1, 0.15) is 5.75 Å². The quantitative estimate of drug-likeness (QED) is 0.603. The molecule has 0 spiro atoms. The van der Waals surface area contributed by atoms with Crippen LogP contribution in [-0.4, -0.2) is 25.1 Å². The zero-order valence-electron chi connectivity index (χ0n) is 14.7. The van der Waals surface area contributed by atoms with Crippen molar-refractivity contribution in [3.8, 4) is 23.1 Å². The molecule has 2 aromatic carbocycles. The van der Waals surface area contributed by atoms with Crippen LogP contribution < -0.4 is 19.5 Å². The normalized spacial score (nSPS) is 10.2. The minimum absolute atomic E-state index is 0.288. The van der Waals surface area contributed by atoms with Crippen molar-refractivity contribution in [2.75, 3.05) is 19.5 Å². The summed E-state index contributed by atoms with van der Waals surface area (Å²) in [6, 6.07) is 15.9. The summed E-state index contributed by atoms with van der Waals surface area (Å²) in [5, 5.41) is 2.80. The summed E-state index contributed by atoms with van der Waals surface area (Å²) in [6.07, 6.45) is 1.46. The molecular formula is C20H17BrN2O4. The van der Waals surface area contributed by atoms with Crippen LogP contribution in [0.1, 0.15) is 10.4 Å². The van der Waals surface area contributed by atoms with Crippen LogP contribution >= 0.6 is 15.9 Å². The summed E-state index contributed by atoms with van der Waals surface area (Å²) in [6.45, 7) is 0. The van der Waals surface area contributed by atoms with Gasteiger partial charge in [0, 0.05) is 28.5 Å². The number of aromatic nitrogens is 1. The monoisotopic (exact) mass is 428 g/mol. The van der Waals surface area contributed by atoms with E-state index in [2.05, 4.69) is 26.2 Å². The minimum Gasteiger partial charge on any atom is -0.493 e. The van der Waals surface area contributed by atoms with Gasteiger partial charge < -0.3 is 19.5 Å². The largest absolute Gasteiger partial charge is 0.493 e. The van der Waals surface area contributed by atoms with Crippen LogP contribution in [-0.2, 0) is 0 Å². The van der Waals surface area contributed by atoms with E-state index >= 15 is 0 Å². The molecule has 0 fully saturated rings. The van der Waals surface area contributed by atoms with Gasteiger partial charge in [-0.05, 0) is 36.4 Å². The number of benzene rings is 2. The second kappa shape index (κ2) is 8.55. The molecule has 7 heteroatoms. The number of hydrogen-bond acceptors (Lipinski definition) is 5. The molecule has 6 nitrogen and oxygen atoms in total. The van der Waals surface area contributed by atoms with Crippen LogP contribution in [0.15, 0.2) is 65.3 Å². The van der Waals surface area contributed by atoms with Crippen molar-refractivity contribution >= 4 is 27.5 Å². The predicted octanol–water partition coefficient (Wildman–Crippen LogP) is 4.91. The molecule has 138 valence electrons. The third-order valence-corrected chi connectivity index (χ3v) is 4.15. The van der Waals surface area contributed by atoms with Crippen molar-refractivity contribution < 1.29 is 19.0 Å². The van der Waals surface area contributed by atoms with Gasteiger partial charge in [-0.2, -0.15) is 0 Å². The van der Waals surface area contributed by atoms with Gasteiger partial charge in [-0.15, -0.1) is 0 Å². The Morgan fingerprint density at radius 3 is 2.48 bits per heavy atom. The van der Waals surface area contributed by atoms with Gasteiger partial charge >= 0.3 is 0 Å². The lowest BCUT2D eigenvalue weighted by Crippen LogP contribution is -2.12. The molecule has 0 bridgehead atoms. The van der Waals surface area contributed by atoms with Crippen LogP contribution in [0.5, 0.6) is 23.1 Å². The highest BCUT2D eigenvalue weighted by molar-refractivity contribution is 9.10. The van der Waals surface area contributed by atoms with E-state index in [9.17, 15) is 4.79 Å². The summed E-state index contributed by atoms with van der Waals surface area (Å²) in [5.74, 6) is 1.89. The average molecular weight is 429 g/mol. The van der Waals surface area contributed by atoms with E-state index in [1.165, 1.54) is 13.3 Å². The zero-order chi connectivity index (χ0) is 19.2. The molecule has 0 saturated carbocycles. The van der Waals surface area contributed by atoms with Crippen molar-refractivity contribution in [3.63, 3.8) is 0 Å². The zero-order valence-corrected chi connectivity index (χ0v) is 16.3. The fourth-order valence-electron chi connectivity index (χ4n) is 2.34. The molecule has 0 saturated heterocycles. The third kappa shape index (κ3) is 4.77. The molecule has 1 amide bonds. The van der Waals surface area contributed by atoms with E-state index in [0.717, 1.165) is 4.47 Å². The van der Waals surface area contributed by atoms with E-state index in [-0.39, 0.29) is 5.91 Å². The lowest BCUT2D eigenvalue weighted by molar-refractivity contribution is 0.102. The molecule has 0 radical (unpaired) electrons. The van der Waals surface area contributed by atoms with Gasteiger partial charge in [-0.25, -0.2) is 4.98 Å². The van der Waals surface area contributed by atoms with Gasteiger partial charge in [0.25, 0.3) is 5.91 Å². The number of nitrogens with zero attached hydrogens (tertiary/aromatic N) is 1. The summed E-state index contributed by atoms with van der Waals surface area (Å²) in [7, 11) is 3.09. The third-order valence-electron chi connectivity index (χ3n) is 3.66. The first-order chi connectivity index (χ1) is 13.1. The van der Waals surface area contributed by atoms with Crippen molar-refractivity contribution in [2.24, 2.45) is 0 Å². The van der Waals surface area contributed by atoms with Crippen LogP contribution in [0.3, 0.4) is 0 Å². The lowest BCUT2D eigenvalue weighted by Gasteiger charge is -2.11. The van der Waals surface area contributed by atoms with E-state index in [1.807, 2.05) is 24.3 Å². The summed E-state index contributed by atoms with van der Waals surface area (Å²) < 4.78 is 17.0. The maximum atomic E-state index is 12.4. The summed E-state index contributed by atoms with van der Waals surface area (Å²) in [4.78, 5) is 16.6. The standard InChI is InChI=1S/C20H17BrN2O4/c1-25-17-8-7-15(11-18(17)26-2)23-20(24)13-6-9-19(22-12-13)27-16-5-3-4-14(21)10-16/h3-12H,1-2H3,(H,23,24). The Bertz CT molecular complexity index is 945. The van der Waals surface area contributed by atoms with Gasteiger partial charge in [-0.1, -0.05) is 22.0 Å². The fourth-order valence-corrected chi connectivity index (χ4v) is 2.72. The first-order valence-electron chi connectivity index (χ1n) is 8.02. The number of anilines is 1. The molecule has 0 unspecified atom stereocenters. The molecule has 0 aliphatic heterocycles. The molecule has 0 aliphatic rings. The number of hydrogen-bond donors (Lipinski definition) is 1. The molecule has 27 heavy (non-hydrogen) atoms. The minimum atomic E-state index is -0.288. The highest BCUT2D eigenvalue weighted by Gasteiger charge is 2.10. The second-order valence-corrected chi connectivity index (χ2v) is 6.38. The maximum absolute atomic E-state index is 12.4.